The predicted molar refractivity (Wildman–Crippen MR) is 49.1 cm³/mol. The van der Waals surface area contributed by atoms with Crippen molar-refractivity contribution < 1.29 is 14.8 Å². The summed E-state index contributed by atoms with van der Waals surface area (Å²) in [5.74, 6) is 0. The predicted octanol–water partition coefficient (Wildman–Crippen LogP) is 1.21. The van der Waals surface area contributed by atoms with E-state index in [-0.39, 0.29) is 0 Å². The van der Waals surface area contributed by atoms with Gasteiger partial charge in [-0.3, -0.25) is 15.0 Å². The van der Waals surface area contributed by atoms with Crippen molar-refractivity contribution in [1.82, 2.24) is 0 Å². The van der Waals surface area contributed by atoms with E-state index in [0.29, 0.717) is 5.56 Å². The Balaban J connectivity index is 2.81. The van der Waals surface area contributed by atoms with Crippen molar-refractivity contribution in [3.05, 3.63) is 56.1 Å². The molecule has 0 aliphatic carbocycles. The molecule has 0 aliphatic heterocycles. The van der Waals surface area contributed by atoms with E-state index in [0.717, 1.165) is 0 Å². The lowest BCUT2D eigenvalue weighted by atomic mass is 10.1. The molecule has 0 aliphatic rings. The second kappa shape index (κ2) is 4.89. The van der Waals surface area contributed by atoms with Gasteiger partial charge in [-0.15, -0.1) is 10.1 Å². The molecule has 1 atom stereocenters. The highest BCUT2D eigenvalue weighted by atomic mass is 17.0. The zero-order valence-electron chi connectivity index (χ0n) is 7.61. The molecule has 7 nitrogen and oxygen atoms in total. The van der Waals surface area contributed by atoms with Crippen molar-refractivity contribution >= 4 is 0 Å². The standard InChI is InChI=1S/C8H8N2O5/c11-9(12)6-8(15-10(13)14)7-4-2-1-3-5-7/h1-5,8H,6H2. The molecule has 0 heterocycles. The molecule has 0 bridgehead atoms. The van der Waals surface area contributed by atoms with Crippen LogP contribution in [-0.2, 0) is 4.84 Å². The molecule has 0 aromatic heterocycles. The first kappa shape index (κ1) is 10.9. The Morgan fingerprint density at radius 3 is 2.27 bits per heavy atom. The molecule has 7 heteroatoms. The second-order valence-electron chi connectivity index (χ2n) is 2.74. The fourth-order valence-electron chi connectivity index (χ4n) is 1.11. The van der Waals surface area contributed by atoms with Gasteiger partial charge < -0.3 is 0 Å². The van der Waals surface area contributed by atoms with Crippen LogP contribution in [0.4, 0.5) is 0 Å². The van der Waals surface area contributed by atoms with E-state index in [4.69, 9.17) is 0 Å². The summed E-state index contributed by atoms with van der Waals surface area (Å²) < 4.78 is 0. The van der Waals surface area contributed by atoms with E-state index < -0.39 is 22.7 Å². The van der Waals surface area contributed by atoms with Crippen molar-refractivity contribution in [1.29, 1.82) is 0 Å². The Kier molecular flexibility index (Phi) is 3.55. The lowest BCUT2D eigenvalue weighted by molar-refractivity contribution is -0.777. The van der Waals surface area contributed by atoms with Gasteiger partial charge in [0.1, 0.15) is 0 Å². The Labute approximate surface area is 84.5 Å². The number of hydrogen-bond donors (Lipinski definition) is 0. The van der Waals surface area contributed by atoms with Crippen molar-refractivity contribution in [2.45, 2.75) is 6.10 Å². The van der Waals surface area contributed by atoms with Gasteiger partial charge in [-0.2, -0.15) is 0 Å². The zero-order valence-corrected chi connectivity index (χ0v) is 7.61. The summed E-state index contributed by atoms with van der Waals surface area (Å²) >= 11 is 0. The lowest BCUT2D eigenvalue weighted by Crippen LogP contribution is -2.18. The van der Waals surface area contributed by atoms with Crippen LogP contribution >= 0.6 is 0 Å². The van der Waals surface area contributed by atoms with E-state index in [9.17, 15) is 20.2 Å². The topological polar surface area (TPSA) is 95.5 Å². The van der Waals surface area contributed by atoms with E-state index in [1.165, 1.54) is 12.1 Å². The Morgan fingerprint density at radius 2 is 1.80 bits per heavy atom. The summed E-state index contributed by atoms with van der Waals surface area (Å²) in [4.78, 5) is 24.0. The number of rotatable bonds is 5. The smallest absolute Gasteiger partial charge is 0.295 e. The van der Waals surface area contributed by atoms with Crippen LogP contribution in [-0.4, -0.2) is 16.6 Å². The van der Waals surface area contributed by atoms with Gasteiger partial charge in [-0.05, 0) is 5.56 Å². The summed E-state index contributed by atoms with van der Waals surface area (Å²) in [6.07, 6.45) is -1.16. The molecular formula is C8H8N2O5. The molecule has 1 rings (SSSR count). The van der Waals surface area contributed by atoms with Crippen molar-refractivity contribution in [3.63, 3.8) is 0 Å². The van der Waals surface area contributed by atoms with Crippen molar-refractivity contribution in [2.24, 2.45) is 0 Å². The third-order valence-electron chi connectivity index (χ3n) is 1.70. The summed E-state index contributed by atoms with van der Waals surface area (Å²) in [5.41, 5.74) is 0.408. The maximum Gasteiger partial charge on any atom is 0.295 e. The highest BCUT2D eigenvalue weighted by Crippen LogP contribution is 2.16. The number of nitrogens with zero attached hydrogens (tertiary/aromatic N) is 2. The quantitative estimate of drug-likeness (QED) is 0.539. The maximum absolute atomic E-state index is 10.3. The average Bonchev–Trinajstić information content (AvgIpc) is 2.17. The normalized spacial score (nSPS) is 11.7. The van der Waals surface area contributed by atoms with Gasteiger partial charge in [0.05, 0.1) is 0 Å². The van der Waals surface area contributed by atoms with Crippen molar-refractivity contribution in [3.8, 4) is 0 Å². The number of nitro groups is 1. The first-order chi connectivity index (χ1) is 7.09. The van der Waals surface area contributed by atoms with Crippen LogP contribution in [0.1, 0.15) is 11.7 Å². The van der Waals surface area contributed by atoms with Crippen LogP contribution in [0, 0.1) is 20.2 Å². The largest absolute Gasteiger partial charge is 0.299 e. The summed E-state index contributed by atoms with van der Waals surface area (Å²) in [5, 5.41) is 19.4. The highest BCUT2D eigenvalue weighted by molar-refractivity contribution is 5.17. The maximum atomic E-state index is 10.3. The molecular weight excluding hydrogens is 204 g/mol. The van der Waals surface area contributed by atoms with Gasteiger partial charge in [0.2, 0.25) is 6.54 Å². The van der Waals surface area contributed by atoms with Crippen LogP contribution in [0.25, 0.3) is 0 Å². The third kappa shape index (κ3) is 3.59. The zero-order chi connectivity index (χ0) is 11.3. The molecule has 0 spiro atoms. The van der Waals surface area contributed by atoms with Gasteiger partial charge in [0, 0.05) is 4.92 Å². The van der Waals surface area contributed by atoms with Gasteiger partial charge >= 0.3 is 0 Å². The van der Waals surface area contributed by atoms with Crippen LogP contribution in [0.3, 0.4) is 0 Å². The molecule has 0 N–H and O–H groups in total. The minimum absolute atomic E-state index is 0.408. The number of benzene rings is 1. The fraction of sp³-hybridized carbons (Fsp3) is 0.250. The first-order valence-electron chi connectivity index (χ1n) is 4.07. The van der Waals surface area contributed by atoms with Crippen LogP contribution in [0.15, 0.2) is 30.3 Å². The van der Waals surface area contributed by atoms with Crippen molar-refractivity contribution in [2.75, 3.05) is 6.54 Å². The van der Waals surface area contributed by atoms with Gasteiger partial charge in [0.25, 0.3) is 5.09 Å². The minimum atomic E-state index is -1.16. The third-order valence-corrected chi connectivity index (χ3v) is 1.70. The van der Waals surface area contributed by atoms with Crippen LogP contribution in [0.5, 0.6) is 0 Å². The molecule has 0 fully saturated rings. The molecule has 15 heavy (non-hydrogen) atoms. The first-order valence-corrected chi connectivity index (χ1v) is 4.07. The minimum Gasteiger partial charge on any atom is -0.299 e. The molecule has 1 aromatic carbocycles. The van der Waals surface area contributed by atoms with E-state index in [2.05, 4.69) is 4.84 Å². The SMILES string of the molecule is O=[N+]([O-])CC(O[N+](=O)[O-])c1ccccc1. The van der Waals surface area contributed by atoms with E-state index in [1.807, 2.05) is 0 Å². The molecule has 0 saturated heterocycles. The second-order valence-corrected chi connectivity index (χ2v) is 2.74. The Morgan fingerprint density at radius 1 is 1.20 bits per heavy atom. The molecule has 80 valence electrons. The molecule has 0 amide bonds. The molecule has 1 unspecified atom stereocenters. The van der Waals surface area contributed by atoms with Gasteiger partial charge in [-0.1, -0.05) is 30.3 Å². The summed E-state index contributed by atoms with van der Waals surface area (Å²) in [6.45, 7) is -0.634. The van der Waals surface area contributed by atoms with Crippen LogP contribution < -0.4 is 0 Å². The van der Waals surface area contributed by atoms with Crippen LogP contribution in [0.2, 0.25) is 0 Å². The summed E-state index contributed by atoms with van der Waals surface area (Å²) in [6, 6.07) is 8.05. The Hall–Kier alpha value is -2.18. The lowest BCUT2D eigenvalue weighted by Gasteiger charge is -2.10. The monoisotopic (exact) mass is 212 g/mol. The van der Waals surface area contributed by atoms with E-state index in [1.54, 1.807) is 18.2 Å². The highest BCUT2D eigenvalue weighted by Gasteiger charge is 2.21. The number of hydrogen-bond acceptors (Lipinski definition) is 5. The molecule has 0 radical (unpaired) electrons. The fourth-order valence-corrected chi connectivity index (χ4v) is 1.11. The molecule has 0 saturated carbocycles. The summed E-state index contributed by atoms with van der Waals surface area (Å²) in [7, 11) is 0. The molecule has 1 aromatic rings. The van der Waals surface area contributed by atoms with Gasteiger partial charge in [0.15, 0.2) is 6.10 Å². The Bertz CT molecular complexity index is 337. The average molecular weight is 212 g/mol. The van der Waals surface area contributed by atoms with Gasteiger partial charge in [-0.25, -0.2) is 0 Å². The van der Waals surface area contributed by atoms with E-state index >= 15 is 0 Å².